The highest BCUT2D eigenvalue weighted by molar-refractivity contribution is 4.94. The minimum atomic E-state index is 0.735. The molecule has 0 bridgehead atoms. The molecule has 0 heterocycles. The molecular weight excluding hydrogens is 158 g/mol. The summed E-state index contributed by atoms with van der Waals surface area (Å²) in [5.41, 5.74) is 1.34. The Balaban J connectivity index is 2.48. The maximum Gasteiger partial charge on any atom is 0.00953 e. The van der Waals surface area contributed by atoms with Crippen LogP contribution in [0.5, 0.6) is 0 Å². The topological polar surface area (TPSA) is 12.0 Å². The van der Waals surface area contributed by atoms with Gasteiger partial charge in [-0.2, -0.15) is 0 Å². The van der Waals surface area contributed by atoms with Crippen LogP contribution in [0.3, 0.4) is 0 Å². The van der Waals surface area contributed by atoms with E-state index in [1.807, 2.05) is 0 Å². The van der Waals surface area contributed by atoms with Crippen molar-refractivity contribution >= 4 is 0 Å². The van der Waals surface area contributed by atoms with E-state index < -0.39 is 0 Å². The highest BCUT2D eigenvalue weighted by atomic mass is 14.9. The Morgan fingerprint density at radius 3 is 2.62 bits per heavy atom. The number of hydrogen-bond acceptors (Lipinski definition) is 1. The second kappa shape index (κ2) is 5.43. The van der Waals surface area contributed by atoms with Crippen LogP contribution >= 0.6 is 0 Å². The largest absolute Gasteiger partial charge is 0.317 e. The molecule has 0 aromatic rings. The van der Waals surface area contributed by atoms with E-state index in [0.29, 0.717) is 0 Å². The van der Waals surface area contributed by atoms with Crippen LogP contribution in [0.15, 0.2) is 12.2 Å². The molecule has 0 spiro atoms. The highest BCUT2D eigenvalue weighted by Gasteiger charge is 2.21. The first-order chi connectivity index (χ1) is 6.24. The first-order valence-corrected chi connectivity index (χ1v) is 5.55. The molecule has 0 aromatic carbocycles. The summed E-state index contributed by atoms with van der Waals surface area (Å²) < 4.78 is 0. The number of hydrogen-bond donors (Lipinski definition) is 1. The molecule has 0 amide bonds. The Morgan fingerprint density at radius 2 is 2.00 bits per heavy atom. The van der Waals surface area contributed by atoms with Gasteiger partial charge in [0, 0.05) is 6.04 Å². The van der Waals surface area contributed by atoms with Crippen LogP contribution in [0.4, 0.5) is 0 Å². The molecule has 1 N–H and O–H groups in total. The average molecular weight is 181 g/mol. The number of nitrogens with one attached hydrogen (secondary N) is 1. The summed E-state index contributed by atoms with van der Waals surface area (Å²) in [4.78, 5) is 0. The van der Waals surface area contributed by atoms with E-state index in [2.05, 4.69) is 25.9 Å². The lowest BCUT2D eigenvalue weighted by Crippen LogP contribution is -2.32. The Labute approximate surface area is 82.6 Å². The molecule has 1 saturated carbocycles. The molecule has 1 nitrogen and oxygen atoms in total. The zero-order valence-electron chi connectivity index (χ0n) is 9.10. The maximum absolute atomic E-state index is 4.02. The number of rotatable bonds is 3. The van der Waals surface area contributed by atoms with Gasteiger partial charge in [0.05, 0.1) is 0 Å². The van der Waals surface area contributed by atoms with E-state index >= 15 is 0 Å². The van der Waals surface area contributed by atoms with Gasteiger partial charge in [0.15, 0.2) is 0 Å². The van der Waals surface area contributed by atoms with Gasteiger partial charge in [-0.1, -0.05) is 24.8 Å². The van der Waals surface area contributed by atoms with Gasteiger partial charge in [-0.3, -0.25) is 0 Å². The lowest BCUT2D eigenvalue weighted by Gasteiger charge is -2.24. The minimum Gasteiger partial charge on any atom is -0.317 e. The van der Waals surface area contributed by atoms with E-state index in [4.69, 9.17) is 0 Å². The zero-order valence-corrected chi connectivity index (χ0v) is 9.10. The van der Waals surface area contributed by atoms with Crippen molar-refractivity contribution in [3.63, 3.8) is 0 Å². The van der Waals surface area contributed by atoms with Crippen LogP contribution in [0.1, 0.15) is 45.4 Å². The second-order valence-electron chi connectivity index (χ2n) is 4.45. The standard InChI is InChI=1S/C12H23N/c1-10(2)9-11-7-5-4-6-8-12(11)13-3/h11-13H,1,4-9H2,2-3H3. The maximum atomic E-state index is 4.02. The summed E-state index contributed by atoms with van der Waals surface area (Å²) in [6, 6.07) is 0.735. The molecule has 13 heavy (non-hydrogen) atoms. The smallest absolute Gasteiger partial charge is 0.00953 e. The van der Waals surface area contributed by atoms with Gasteiger partial charge in [-0.25, -0.2) is 0 Å². The fraction of sp³-hybridized carbons (Fsp3) is 0.833. The predicted molar refractivity (Wildman–Crippen MR) is 58.9 cm³/mol. The molecule has 0 radical (unpaired) electrons. The van der Waals surface area contributed by atoms with Gasteiger partial charge in [0.2, 0.25) is 0 Å². The summed E-state index contributed by atoms with van der Waals surface area (Å²) in [7, 11) is 2.10. The summed E-state index contributed by atoms with van der Waals surface area (Å²) >= 11 is 0. The van der Waals surface area contributed by atoms with Crippen LogP contribution in [0.25, 0.3) is 0 Å². The zero-order chi connectivity index (χ0) is 9.68. The third kappa shape index (κ3) is 3.51. The van der Waals surface area contributed by atoms with E-state index in [1.165, 1.54) is 44.1 Å². The van der Waals surface area contributed by atoms with Crippen LogP contribution in [0.2, 0.25) is 0 Å². The van der Waals surface area contributed by atoms with Gasteiger partial charge >= 0.3 is 0 Å². The van der Waals surface area contributed by atoms with Crippen molar-refractivity contribution in [1.82, 2.24) is 5.32 Å². The second-order valence-corrected chi connectivity index (χ2v) is 4.45. The Bertz CT molecular complexity index is 163. The first-order valence-electron chi connectivity index (χ1n) is 5.55. The Hall–Kier alpha value is -0.300. The third-order valence-corrected chi connectivity index (χ3v) is 3.14. The number of allylic oxidation sites excluding steroid dienone is 1. The SMILES string of the molecule is C=C(C)CC1CCCCCC1NC. The predicted octanol–water partition coefficient (Wildman–Crippen LogP) is 3.12. The highest BCUT2D eigenvalue weighted by Crippen LogP contribution is 2.27. The Morgan fingerprint density at radius 1 is 1.31 bits per heavy atom. The molecule has 1 aliphatic rings. The van der Waals surface area contributed by atoms with Crippen LogP contribution in [0, 0.1) is 5.92 Å². The molecule has 0 saturated heterocycles. The third-order valence-electron chi connectivity index (χ3n) is 3.14. The summed E-state index contributed by atoms with van der Waals surface area (Å²) in [6.07, 6.45) is 8.19. The fourth-order valence-electron chi connectivity index (χ4n) is 2.46. The lowest BCUT2D eigenvalue weighted by atomic mass is 9.89. The average Bonchev–Trinajstić information content (AvgIpc) is 2.28. The normalized spacial score (nSPS) is 29.7. The summed E-state index contributed by atoms with van der Waals surface area (Å²) in [6.45, 7) is 6.17. The quantitative estimate of drug-likeness (QED) is 0.521. The van der Waals surface area contributed by atoms with E-state index in [-0.39, 0.29) is 0 Å². The molecule has 76 valence electrons. The van der Waals surface area contributed by atoms with Gasteiger partial charge in [0.1, 0.15) is 0 Å². The summed E-state index contributed by atoms with van der Waals surface area (Å²) in [5.74, 6) is 0.838. The van der Waals surface area contributed by atoms with Crippen molar-refractivity contribution in [2.24, 2.45) is 5.92 Å². The molecule has 2 unspecified atom stereocenters. The molecular formula is C12H23N. The Kier molecular flexibility index (Phi) is 4.51. The van der Waals surface area contributed by atoms with Crippen LogP contribution in [-0.4, -0.2) is 13.1 Å². The first kappa shape index (κ1) is 10.8. The molecule has 0 aliphatic heterocycles. The van der Waals surface area contributed by atoms with E-state index in [1.54, 1.807) is 0 Å². The minimum absolute atomic E-state index is 0.735. The van der Waals surface area contributed by atoms with E-state index in [0.717, 1.165) is 12.0 Å². The van der Waals surface area contributed by atoms with Crippen LogP contribution in [-0.2, 0) is 0 Å². The van der Waals surface area contributed by atoms with Gasteiger partial charge < -0.3 is 5.32 Å². The fourth-order valence-corrected chi connectivity index (χ4v) is 2.46. The van der Waals surface area contributed by atoms with Gasteiger partial charge in [-0.05, 0) is 39.2 Å². The van der Waals surface area contributed by atoms with Gasteiger partial charge in [-0.15, -0.1) is 6.58 Å². The molecule has 1 fully saturated rings. The molecule has 1 heteroatoms. The van der Waals surface area contributed by atoms with Crippen molar-refractivity contribution in [3.8, 4) is 0 Å². The van der Waals surface area contributed by atoms with Crippen molar-refractivity contribution in [1.29, 1.82) is 0 Å². The summed E-state index contributed by atoms with van der Waals surface area (Å²) in [5, 5.41) is 3.46. The molecule has 0 aromatic heterocycles. The van der Waals surface area contributed by atoms with Gasteiger partial charge in [0.25, 0.3) is 0 Å². The molecule has 2 atom stereocenters. The van der Waals surface area contributed by atoms with Crippen molar-refractivity contribution < 1.29 is 0 Å². The van der Waals surface area contributed by atoms with Crippen molar-refractivity contribution in [2.45, 2.75) is 51.5 Å². The van der Waals surface area contributed by atoms with Crippen molar-refractivity contribution in [2.75, 3.05) is 7.05 Å². The monoisotopic (exact) mass is 181 g/mol. The van der Waals surface area contributed by atoms with Crippen molar-refractivity contribution in [3.05, 3.63) is 12.2 Å². The van der Waals surface area contributed by atoms with E-state index in [9.17, 15) is 0 Å². The molecule has 1 rings (SSSR count). The molecule has 1 aliphatic carbocycles. The van der Waals surface area contributed by atoms with Crippen LogP contribution < -0.4 is 5.32 Å². The lowest BCUT2D eigenvalue weighted by molar-refractivity contribution is 0.350.